The molecule has 0 unspecified atom stereocenters. The Labute approximate surface area is 127 Å². The van der Waals surface area contributed by atoms with Crippen LogP contribution in [0.1, 0.15) is 34.6 Å². The summed E-state index contributed by atoms with van der Waals surface area (Å²) in [5, 5.41) is 10.5. The zero-order valence-electron chi connectivity index (χ0n) is 12.3. The fraction of sp³-hybridized carbons (Fsp3) is 0.250. The number of fused-ring (bicyclic) bond motifs is 1. The molecule has 3 rings (SSSR count). The minimum Gasteiger partial charge on any atom is -0.345 e. The molecule has 21 heavy (non-hydrogen) atoms. The maximum atomic E-state index is 12.4. The summed E-state index contributed by atoms with van der Waals surface area (Å²) in [5.41, 5.74) is 2.66. The summed E-state index contributed by atoms with van der Waals surface area (Å²) in [7, 11) is 1.84. The molecule has 1 aromatic carbocycles. The summed E-state index contributed by atoms with van der Waals surface area (Å²) in [5.74, 6) is -0.0802. The van der Waals surface area contributed by atoms with E-state index in [1.807, 2.05) is 33.0 Å². The third-order valence-electron chi connectivity index (χ3n) is 3.80. The predicted octanol–water partition coefficient (Wildman–Crippen LogP) is 3.43. The van der Waals surface area contributed by atoms with Gasteiger partial charge in [0.05, 0.1) is 17.8 Å². The van der Waals surface area contributed by atoms with Crippen LogP contribution >= 0.6 is 11.3 Å². The number of aryl methyl sites for hydroxylation is 1. The molecule has 2 heterocycles. The molecule has 1 atom stereocenters. The van der Waals surface area contributed by atoms with Gasteiger partial charge in [0.2, 0.25) is 0 Å². The molecule has 0 aliphatic rings. The van der Waals surface area contributed by atoms with E-state index in [1.54, 1.807) is 22.2 Å². The summed E-state index contributed by atoms with van der Waals surface area (Å²) >= 11 is 1.70. The average Bonchev–Trinajstić information content (AvgIpc) is 3.04. The van der Waals surface area contributed by atoms with Crippen LogP contribution in [0.25, 0.3) is 10.1 Å². The van der Waals surface area contributed by atoms with Gasteiger partial charge in [0.1, 0.15) is 0 Å². The molecule has 0 spiro atoms. The van der Waals surface area contributed by atoms with Crippen LogP contribution in [0.5, 0.6) is 0 Å². The highest BCUT2D eigenvalue weighted by atomic mass is 32.1. The van der Waals surface area contributed by atoms with Crippen molar-refractivity contribution in [3.05, 3.63) is 52.7 Å². The maximum absolute atomic E-state index is 12.4. The van der Waals surface area contributed by atoms with Crippen molar-refractivity contribution in [1.29, 1.82) is 0 Å². The van der Waals surface area contributed by atoms with E-state index in [4.69, 9.17) is 0 Å². The van der Waals surface area contributed by atoms with Crippen LogP contribution in [-0.4, -0.2) is 15.7 Å². The van der Waals surface area contributed by atoms with E-state index < -0.39 is 0 Å². The van der Waals surface area contributed by atoms with Gasteiger partial charge >= 0.3 is 0 Å². The number of hydrogen-bond donors (Lipinski definition) is 1. The summed E-state index contributed by atoms with van der Waals surface area (Å²) in [6.07, 6.45) is 1.61. The van der Waals surface area contributed by atoms with Crippen LogP contribution in [0.15, 0.2) is 35.8 Å². The van der Waals surface area contributed by atoms with Crippen molar-refractivity contribution >= 4 is 27.3 Å². The number of carbonyl (C=O) groups is 1. The van der Waals surface area contributed by atoms with Gasteiger partial charge in [-0.25, -0.2) is 0 Å². The average molecular weight is 299 g/mol. The number of benzene rings is 1. The number of thiophene rings is 1. The Morgan fingerprint density at radius 1 is 1.38 bits per heavy atom. The molecule has 2 aromatic heterocycles. The first kappa shape index (κ1) is 13.8. The SMILES string of the molecule is Cc1c(C(=O)N[C@H](C)c2csc3ccccc23)cnn1C. The van der Waals surface area contributed by atoms with Crippen molar-refractivity contribution in [2.75, 3.05) is 0 Å². The Morgan fingerprint density at radius 3 is 2.86 bits per heavy atom. The molecule has 0 fully saturated rings. The van der Waals surface area contributed by atoms with Gasteiger partial charge in [0.15, 0.2) is 0 Å². The Kier molecular flexibility index (Phi) is 3.51. The van der Waals surface area contributed by atoms with Gasteiger partial charge in [-0.3, -0.25) is 9.48 Å². The Morgan fingerprint density at radius 2 is 2.14 bits per heavy atom. The highest BCUT2D eigenvalue weighted by Gasteiger charge is 2.17. The summed E-state index contributed by atoms with van der Waals surface area (Å²) in [4.78, 5) is 12.4. The summed E-state index contributed by atoms with van der Waals surface area (Å²) in [6, 6.07) is 8.22. The lowest BCUT2D eigenvalue weighted by atomic mass is 10.1. The Hall–Kier alpha value is -2.14. The highest BCUT2D eigenvalue weighted by molar-refractivity contribution is 7.17. The third kappa shape index (κ3) is 2.45. The molecule has 0 saturated carbocycles. The molecule has 0 radical (unpaired) electrons. The number of amides is 1. The van der Waals surface area contributed by atoms with Crippen LogP contribution in [0.4, 0.5) is 0 Å². The maximum Gasteiger partial charge on any atom is 0.255 e. The van der Waals surface area contributed by atoms with Gasteiger partial charge in [0.25, 0.3) is 5.91 Å². The van der Waals surface area contributed by atoms with Crippen LogP contribution in [-0.2, 0) is 7.05 Å². The molecular weight excluding hydrogens is 282 g/mol. The van der Waals surface area contributed by atoms with E-state index in [0.29, 0.717) is 5.56 Å². The second-order valence-electron chi connectivity index (χ2n) is 5.15. The second-order valence-corrected chi connectivity index (χ2v) is 6.06. The van der Waals surface area contributed by atoms with Crippen molar-refractivity contribution in [2.24, 2.45) is 7.05 Å². The zero-order valence-corrected chi connectivity index (χ0v) is 13.1. The number of aromatic nitrogens is 2. The van der Waals surface area contributed by atoms with Crippen LogP contribution < -0.4 is 5.32 Å². The Balaban J connectivity index is 1.85. The van der Waals surface area contributed by atoms with E-state index in [2.05, 4.69) is 27.9 Å². The minimum absolute atomic E-state index is 0.0340. The molecule has 0 aliphatic carbocycles. The molecular formula is C16H17N3OS. The van der Waals surface area contributed by atoms with E-state index in [0.717, 1.165) is 11.3 Å². The molecule has 108 valence electrons. The van der Waals surface area contributed by atoms with Gasteiger partial charge < -0.3 is 5.32 Å². The summed E-state index contributed by atoms with van der Waals surface area (Å²) in [6.45, 7) is 3.91. The molecule has 0 saturated heterocycles. The van der Waals surface area contributed by atoms with Gasteiger partial charge in [0, 0.05) is 17.4 Å². The van der Waals surface area contributed by atoms with E-state index in [9.17, 15) is 4.79 Å². The van der Waals surface area contributed by atoms with E-state index >= 15 is 0 Å². The van der Waals surface area contributed by atoms with Crippen LogP contribution in [0, 0.1) is 6.92 Å². The van der Waals surface area contributed by atoms with Crippen LogP contribution in [0.2, 0.25) is 0 Å². The monoisotopic (exact) mass is 299 g/mol. The molecule has 5 heteroatoms. The molecule has 3 aromatic rings. The quantitative estimate of drug-likeness (QED) is 0.805. The fourth-order valence-corrected chi connectivity index (χ4v) is 3.46. The van der Waals surface area contributed by atoms with Gasteiger partial charge in [-0.1, -0.05) is 18.2 Å². The first-order valence-electron chi connectivity index (χ1n) is 6.83. The number of rotatable bonds is 3. The standard InChI is InChI=1S/C16H17N3OS/c1-10(14-9-21-15-7-5-4-6-12(14)15)18-16(20)13-8-17-19(3)11(13)2/h4-10H,1-3H3,(H,18,20)/t10-/m1/s1. The van der Waals surface area contributed by atoms with E-state index in [-0.39, 0.29) is 11.9 Å². The zero-order chi connectivity index (χ0) is 15.0. The molecule has 1 amide bonds. The van der Waals surface area contributed by atoms with Crippen molar-refractivity contribution in [3.63, 3.8) is 0 Å². The number of nitrogens with one attached hydrogen (secondary N) is 1. The number of hydrogen-bond acceptors (Lipinski definition) is 3. The smallest absolute Gasteiger partial charge is 0.255 e. The lowest BCUT2D eigenvalue weighted by Gasteiger charge is -2.13. The largest absolute Gasteiger partial charge is 0.345 e. The molecule has 0 bridgehead atoms. The molecule has 1 N–H and O–H groups in total. The minimum atomic E-state index is -0.0802. The lowest BCUT2D eigenvalue weighted by Crippen LogP contribution is -2.26. The Bertz CT molecular complexity index is 803. The first-order chi connectivity index (χ1) is 10.1. The predicted molar refractivity (Wildman–Crippen MR) is 85.7 cm³/mol. The molecule has 0 aliphatic heterocycles. The van der Waals surface area contributed by atoms with Crippen LogP contribution in [0.3, 0.4) is 0 Å². The van der Waals surface area contributed by atoms with Gasteiger partial charge in [-0.05, 0) is 36.2 Å². The van der Waals surface area contributed by atoms with Crippen molar-refractivity contribution in [1.82, 2.24) is 15.1 Å². The fourth-order valence-electron chi connectivity index (χ4n) is 2.41. The first-order valence-corrected chi connectivity index (χ1v) is 7.71. The third-order valence-corrected chi connectivity index (χ3v) is 4.79. The lowest BCUT2D eigenvalue weighted by molar-refractivity contribution is 0.0939. The molecule has 4 nitrogen and oxygen atoms in total. The van der Waals surface area contributed by atoms with Crippen molar-refractivity contribution in [3.8, 4) is 0 Å². The van der Waals surface area contributed by atoms with Gasteiger partial charge in [-0.15, -0.1) is 11.3 Å². The van der Waals surface area contributed by atoms with Crippen molar-refractivity contribution in [2.45, 2.75) is 19.9 Å². The van der Waals surface area contributed by atoms with Gasteiger partial charge in [-0.2, -0.15) is 5.10 Å². The second kappa shape index (κ2) is 5.33. The number of carbonyl (C=O) groups excluding carboxylic acids is 1. The summed E-state index contributed by atoms with van der Waals surface area (Å²) < 4.78 is 2.95. The number of nitrogens with zero attached hydrogens (tertiary/aromatic N) is 2. The topological polar surface area (TPSA) is 46.9 Å². The highest BCUT2D eigenvalue weighted by Crippen LogP contribution is 2.30. The van der Waals surface area contributed by atoms with Crippen molar-refractivity contribution < 1.29 is 4.79 Å². The normalized spacial score (nSPS) is 12.5. The van der Waals surface area contributed by atoms with E-state index in [1.165, 1.54) is 10.1 Å².